The highest BCUT2D eigenvalue weighted by Crippen LogP contribution is 2.33. The van der Waals surface area contributed by atoms with Gasteiger partial charge < -0.3 is 10.6 Å². The Morgan fingerprint density at radius 2 is 1.90 bits per heavy atom. The molecule has 0 aliphatic carbocycles. The first-order valence-electron chi connectivity index (χ1n) is 9.35. The van der Waals surface area contributed by atoms with Crippen LogP contribution in [0.5, 0.6) is 0 Å². The summed E-state index contributed by atoms with van der Waals surface area (Å²) in [7, 11) is -3.73. The molecule has 154 valence electrons. The van der Waals surface area contributed by atoms with Gasteiger partial charge in [0.2, 0.25) is 11.8 Å². The van der Waals surface area contributed by atoms with E-state index in [0.29, 0.717) is 23.5 Å². The zero-order valence-corrected chi connectivity index (χ0v) is 18.2. The van der Waals surface area contributed by atoms with E-state index in [0.717, 1.165) is 16.0 Å². The molecule has 0 aromatic heterocycles. The maximum Gasteiger partial charge on any atom is 0.225 e. The highest BCUT2D eigenvalue weighted by Gasteiger charge is 2.27. The van der Waals surface area contributed by atoms with Crippen molar-refractivity contribution in [3.05, 3.63) is 47.5 Å². The Morgan fingerprint density at radius 3 is 2.59 bits per heavy atom. The van der Waals surface area contributed by atoms with Crippen molar-refractivity contribution in [3.8, 4) is 0 Å². The van der Waals surface area contributed by atoms with Crippen LogP contribution in [0.2, 0.25) is 0 Å². The van der Waals surface area contributed by atoms with E-state index in [1.807, 2.05) is 32.0 Å². The molecule has 0 saturated heterocycles. The van der Waals surface area contributed by atoms with Crippen LogP contribution < -0.4 is 10.6 Å². The molecule has 1 heterocycles. The van der Waals surface area contributed by atoms with Crippen molar-refractivity contribution in [1.82, 2.24) is 0 Å². The maximum atomic E-state index is 13.0. The topological polar surface area (TPSA) is 92.3 Å². The Morgan fingerprint density at radius 1 is 1.21 bits per heavy atom. The molecule has 1 aliphatic heterocycles. The van der Waals surface area contributed by atoms with Gasteiger partial charge in [-0.2, -0.15) is 0 Å². The third-order valence-electron chi connectivity index (χ3n) is 4.89. The van der Waals surface area contributed by atoms with Crippen molar-refractivity contribution in [2.75, 3.05) is 16.4 Å². The van der Waals surface area contributed by atoms with Gasteiger partial charge in [-0.25, -0.2) is 8.42 Å². The number of hydrogen-bond donors (Lipinski definition) is 2. The first kappa shape index (κ1) is 21.4. The zero-order valence-electron chi connectivity index (χ0n) is 16.6. The first-order valence-corrected chi connectivity index (χ1v) is 11.9. The summed E-state index contributed by atoms with van der Waals surface area (Å²) in [6, 6.07) is 10.4. The van der Waals surface area contributed by atoms with E-state index in [1.54, 1.807) is 12.1 Å². The molecule has 1 atom stereocenters. The van der Waals surface area contributed by atoms with Crippen LogP contribution >= 0.6 is 11.8 Å². The number of benzene rings is 2. The van der Waals surface area contributed by atoms with Gasteiger partial charge in [0, 0.05) is 29.2 Å². The standard InChI is InChI=1S/C21H24N2O4S2/c1-13-5-4-6-14(2)21(13)23-20(25)11-15(3)29(26,27)16-7-8-18-17(12-16)22-19(24)9-10-28-18/h4-8,12,15H,9-11H2,1-3H3,(H,22,24)(H,23,25)/t15-/m0/s1. The lowest BCUT2D eigenvalue weighted by Gasteiger charge is -2.16. The van der Waals surface area contributed by atoms with E-state index in [1.165, 1.54) is 24.8 Å². The Hall–Kier alpha value is -2.32. The fourth-order valence-corrected chi connectivity index (χ4v) is 5.49. The summed E-state index contributed by atoms with van der Waals surface area (Å²) in [6.07, 6.45) is 0.227. The number of thioether (sulfide) groups is 1. The van der Waals surface area contributed by atoms with Crippen LogP contribution in [0.15, 0.2) is 46.2 Å². The summed E-state index contributed by atoms with van der Waals surface area (Å²) in [5, 5.41) is 4.69. The summed E-state index contributed by atoms with van der Waals surface area (Å²) in [5.74, 6) is 0.170. The number of anilines is 2. The number of sulfone groups is 1. The second-order valence-electron chi connectivity index (χ2n) is 7.18. The molecule has 29 heavy (non-hydrogen) atoms. The number of para-hydroxylation sites is 1. The summed E-state index contributed by atoms with van der Waals surface area (Å²) in [4.78, 5) is 25.2. The van der Waals surface area contributed by atoms with Crippen LogP contribution in [0.1, 0.15) is 30.9 Å². The molecular weight excluding hydrogens is 408 g/mol. The molecule has 2 amide bonds. The highest BCUT2D eigenvalue weighted by molar-refractivity contribution is 7.99. The van der Waals surface area contributed by atoms with Crippen LogP contribution in [0, 0.1) is 13.8 Å². The monoisotopic (exact) mass is 432 g/mol. The minimum Gasteiger partial charge on any atom is -0.326 e. The van der Waals surface area contributed by atoms with Crippen molar-refractivity contribution in [3.63, 3.8) is 0 Å². The van der Waals surface area contributed by atoms with Crippen molar-refractivity contribution >= 4 is 44.8 Å². The van der Waals surface area contributed by atoms with Gasteiger partial charge in [-0.15, -0.1) is 11.8 Å². The fraction of sp³-hybridized carbons (Fsp3) is 0.333. The van der Waals surface area contributed by atoms with Crippen LogP contribution in [0.3, 0.4) is 0 Å². The molecule has 0 radical (unpaired) electrons. The molecule has 8 heteroatoms. The number of carbonyl (C=O) groups excluding carboxylic acids is 2. The van der Waals surface area contributed by atoms with Crippen molar-refractivity contribution in [2.45, 2.75) is 48.7 Å². The van der Waals surface area contributed by atoms with Gasteiger partial charge in [0.15, 0.2) is 9.84 Å². The lowest BCUT2D eigenvalue weighted by Crippen LogP contribution is -2.25. The van der Waals surface area contributed by atoms with Gasteiger partial charge in [0.1, 0.15) is 0 Å². The molecular formula is C21H24N2O4S2. The second kappa shape index (κ2) is 8.59. The molecule has 2 N–H and O–H groups in total. The van der Waals surface area contributed by atoms with Gasteiger partial charge in [0.25, 0.3) is 0 Å². The SMILES string of the molecule is Cc1cccc(C)c1NC(=O)C[C@H](C)S(=O)(=O)c1ccc2c(c1)NC(=O)CCS2. The zero-order chi connectivity index (χ0) is 21.2. The van der Waals surface area contributed by atoms with Crippen LogP contribution in [-0.2, 0) is 19.4 Å². The normalized spacial score (nSPS) is 15.1. The maximum absolute atomic E-state index is 13.0. The molecule has 2 aromatic rings. The Bertz CT molecular complexity index is 1040. The van der Waals surface area contributed by atoms with Crippen LogP contribution in [0.25, 0.3) is 0 Å². The molecule has 0 fully saturated rings. The van der Waals surface area contributed by atoms with E-state index >= 15 is 0 Å². The number of amides is 2. The predicted molar refractivity (Wildman–Crippen MR) is 116 cm³/mol. The van der Waals surface area contributed by atoms with E-state index in [-0.39, 0.29) is 23.1 Å². The van der Waals surface area contributed by atoms with Gasteiger partial charge >= 0.3 is 0 Å². The molecule has 1 aliphatic rings. The number of carbonyl (C=O) groups is 2. The highest BCUT2D eigenvalue weighted by atomic mass is 32.2. The third-order valence-corrected chi connectivity index (χ3v) is 8.10. The summed E-state index contributed by atoms with van der Waals surface area (Å²) < 4.78 is 26.0. The van der Waals surface area contributed by atoms with Crippen LogP contribution in [-0.4, -0.2) is 31.2 Å². The van der Waals surface area contributed by atoms with Crippen molar-refractivity contribution in [2.24, 2.45) is 0 Å². The van der Waals surface area contributed by atoms with E-state index in [4.69, 9.17) is 0 Å². The van der Waals surface area contributed by atoms with Gasteiger partial charge in [-0.05, 0) is 50.1 Å². The smallest absolute Gasteiger partial charge is 0.225 e. The fourth-order valence-electron chi connectivity index (χ4n) is 3.18. The molecule has 0 saturated carbocycles. The predicted octanol–water partition coefficient (Wildman–Crippen LogP) is 3.93. The van der Waals surface area contributed by atoms with Gasteiger partial charge in [-0.1, -0.05) is 18.2 Å². The molecule has 6 nitrogen and oxygen atoms in total. The van der Waals surface area contributed by atoms with Gasteiger partial charge in [-0.3, -0.25) is 9.59 Å². The minimum absolute atomic E-state index is 0.103. The molecule has 3 rings (SSSR count). The molecule has 2 aromatic carbocycles. The Kier molecular flexibility index (Phi) is 6.33. The number of fused-ring (bicyclic) bond motifs is 1. The minimum atomic E-state index is -3.73. The van der Waals surface area contributed by atoms with E-state index in [2.05, 4.69) is 10.6 Å². The van der Waals surface area contributed by atoms with Crippen molar-refractivity contribution < 1.29 is 18.0 Å². The van der Waals surface area contributed by atoms with Gasteiger partial charge in [0.05, 0.1) is 15.8 Å². The molecule has 0 unspecified atom stereocenters. The average molecular weight is 433 g/mol. The second-order valence-corrected chi connectivity index (χ2v) is 10.7. The Balaban J connectivity index is 1.77. The first-order chi connectivity index (χ1) is 13.7. The van der Waals surface area contributed by atoms with E-state index < -0.39 is 15.1 Å². The lowest BCUT2D eigenvalue weighted by molar-refractivity contribution is -0.116. The number of rotatable bonds is 5. The summed E-state index contributed by atoms with van der Waals surface area (Å²) in [6.45, 7) is 5.31. The molecule has 0 spiro atoms. The lowest BCUT2D eigenvalue weighted by atomic mass is 10.1. The number of nitrogens with one attached hydrogen (secondary N) is 2. The largest absolute Gasteiger partial charge is 0.326 e. The average Bonchev–Trinajstić information content (AvgIpc) is 2.84. The summed E-state index contributed by atoms with van der Waals surface area (Å²) >= 11 is 1.51. The quantitative estimate of drug-likeness (QED) is 0.747. The van der Waals surface area contributed by atoms with E-state index in [9.17, 15) is 18.0 Å². The number of hydrogen-bond acceptors (Lipinski definition) is 5. The number of aryl methyl sites for hydroxylation is 2. The molecule has 0 bridgehead atoms. The van der Waals surface area contributed by atoms with Crippen molar-refractivity contribution in [1.29, 1.82) is 0 Å². The third kappa shape index (κ3) is 4.82. The van der Waals surface area contributed by atoms with Crippen LogP contribution in [0.4, 0.5) is 11.4 Å². The Labute approximate surface area is 175 Å². The summed E-state index contributed by atoms with van der Waals surface area (Å²) in [5.41, 5.74) is 3.07.